The summed E-state index contributed by atoms with van der Waals surface area (Å²) in [5.41, 5.74) is 1.69. The van der Waals surface area contributed by atoms with Crippen molar-refractivity contribution in [3.63, 3.8) is 0 Å². The highest BCUT2D eigenvalue weighted by Gasteiger charge is 2.34. The fourth-order valence-electron chi connectivity index (χ4n) is 4.39. The zero-order valence-corrected chi connectivity index (χ0v) is 16.4. The Morgan fingerprint density at radius 2 is 2.04 bits per heavy atom. The van der Waals surface area contributed by atoms with Gasteiger partial charge < -0.3 is 10.4 Å². The Bertz CT molecular complexity index is 970. The van der Waals surface area contributed by atoms with E-state index < -0.39 is 5.60 Å². The molecule has 0 amide bonds. The fraction of sp³-hybridized carbons (Fsp3) is 0.455. The first-order valence-electron chi connectivity index (χ1n) is 9.98. The third kappa shape index (κ3) is 3.80. The maximum atomic E-state index is 14.7. The number of rotatable bonds is 4. The van der Waals surface area contributed by atoms with Crippen LogP contribution in [0.3, 0.4) is 0 Å². The number of hydrogen-bond acceptors (Lipinski definition) is 4. The molecule has 5 nitrogen and oxygen atoms in total. The van der Waals surface area contributed by atoms with E-state index in [0.29, 0.717) is 24.6 Å². The van der Waals surface area contributed by atoms with E-state index in [4.69, 9.17) is 0 Å². The summed E-state index contributed by atoms with van der Waals surface area (Å²) in [5.74, 6) is 0.0891. The van der Waals surface area contributed by atoms with E-state index in [-0.39, 0.29) is 17.4 Å². The quantitative estimate of drug-likeness (QED) is 0.637. The molecule has 4 rings (SSSR count). The lowest BCUT2D eigenvalue weighted by atomic mass is 9.82. The van der Waals surface area contributed by atoms with Gasteiger partial charge in [-0.3, -0.25) is 5.10 Å². The lowest BCUT2D eigenvalue weighted by Crippen LogP contribution is -2.40. The number of nitrogens with zero attached hydrogens (tertiary/aromatic N) is 2. The monoisotopic (exact) mass is 382 g/mol. The highest BCUT2D eigenvalue weighted by molar-refractivity contribution is 5.91. The zero-order chi connectivity index (χ0) is 19.7. The summed E-state index contributed by atoms with van der Waals surface area (Å²) >= 11 is 0. The van der Waals surface area contributed by atoms with Crippen molar-refractivity contribution in [2.75, 3.05) is 13.1 Å². The zero-order valence-electron chi connectivity index (χ0n) is 16.4. The molecule has 3 heterocycles. The van der Waals surface area contributed by atoms with Crippen LogP contribution in [-0.4, -0.2) is 39.0 Å². The van der Waals surface area contributed by atoms with Crippen LogP contribution in [0.5, 0.6) is 0 Å². The van der Waals surface area contributed by atoms with Crippen LogP contribution in [0.25, 0.3) is 22.3 Å². The van der Waals surface area contributed by atoms with Crippen molar-refractivity contribution in [2.24, 2.45) is 5.92 Å². The number of nitrogens with one attached hydrogen (secondary N) is 2. The molecular weight excluding hydrogens is 355 g/mol. The predicted molar refractivity (Wildman–Crippen MR) is 109 cm³/mol. The lowest BCUT2D eigenvalue weighted by molar-refractivity contribution is 0.0120. The molecule has 1 fully saturated rings. The molecule has 1 aliphatic rings. The van der Waals surface area contributed by atoms with Crippen molar-refractivity contribution in [1.29, 1.82) is 0 Å². The minimum Gasteiger partial charge on any atom is -0.389 e. The largest absolute Gasteiger partial charge is 0.389 e. The smallest absolute Gasteiger partial charge is 0.151 e. The highest BCUT2D eigenvalue weighted by Crippen LogP contribution is 2.35. The Hall–Kier alpha value is -2.31. The van der Waals surface area contributed by atoms with Gasteiger partial charge in [-0.05, 0) is 49.9 Å². The Balaban J connectivity index is 1.70. The first kappa shape index (κ1) is 19.0. The fourth-order valence-corrected chi connectivity index (χ4v) is 4.39. The number of benzene rings is 1. The van der Waals surface area contributed by atoms with E-state index in [1.54, 1.807) is 6.07 Å². The number of pyridine rings is 1. The minimum atomic E-state index is -0.773. The molecule has 3 N–H and O–H groups in total. The van der Waals surface area contributed by atoms with E-state index in [1.165, 1.54) is 6.07 Å². The van der Waals surface area contributed by atoms with Gasteiger partial charge in [-0.15, -0.1) is 0 Å². The van der Waals surface area contributed by atoms with Gasteiger partial charge in [-0.1, -0.05) is 32.0 Å². The van der Waals surface area contributed by atoms with E-state index in [2.05, 4.69) is 34.3 Å². The Morgan fingerprint density at radius 3 is 2.86 bits per heavy atom. The standard InChI is InChI=1S/C22H27FN4O/c1-14(2)11-22(28)12-15(9-10-24-13-22)18-8-7-17(23)21(25-18)20-16-5-3-4-6-19(16)26-27-20/h3-8,14-15,24,28H,9-13H2,1-2H3,(H,26,27). The third-order valence-corrected chi connectivity index (χ3v) is 5.52. The lowest BCUT2D eigenvalue weighted by Gasteiger charge is -2.31. The van der Waals surface area contributed by atoms with Gasteiger partial charge in [0.15, 0.2) is 5.82 Å². The van der Waals surface area contributed by atoms with Crippen molar-refractivity contribution in [3.05, 3.63) is 47.9 Å². The highest BCUT2D eigenvalue weighted by atomic mass is 19.1. The second kappa shape index (κ2) is 7.60. The molecule has 0 saturated carbocycles. The molecule has 0 aliphatic carbocycles. The second-order valence-electron chi connectivity index (χ2n) is 8.37. The van der Waals surface area contributed by atoms with Gasteiger partial charge in [0.1, 0.15) is 11.4 Å². The van der Waals surface area contributed by atoms with Gasteiger partial charge in [-0.2, -0.15) is 5.10 Å². The number of para-hydroxylation sites is 1. The first-order chi connectivity index (χ1) is 13.5. The van der Waals surface area contributed by atoms with Crippen molar-refractivity contribution in [2.45, 2.75) is 44.6 Å². The van der Waals surface area contributed by atoms with Gasteiger partial charge in [0.25, 0.3) is 0 Å². The van der Waals surface area contributed by atoms with Gasteiger partial charge >= 0.3 is 0 Å². The third-order valence-electron chi connectivity index (χ3n) is 5.52. The molecule has 1 aliphatic heterocycles. The molecule has 0 spiro atoms. The number of halogens is 1. The van der Waals surface area contributed by atoms with E-state index in [9.17, 15) is 9.50 Å². The summed E-state index contributed by atoms with van der Waals surface area (Å²) in [7, 11) is 0. The number of aromatic nitrogens is 3. The van der Waals surface area contributed by atoms with Crippen LogP contribution in [0.2, 0.25) is 0 Å². The van der Waals surface area contributed by atoms with Crippen LogP contribution in [0.1, 0.15) is 44.7 Å². The van der Waals surface area contributed by atoms with Crippen molar-refractivity contribution in [1.82, 2.24) is 20.5 Å². The maximum absolute atomic E-state index is 14.7. The van der Waals surface area contributed by atoms with Crippen molar-refractivity contribution >= 4 is 10.9 Å². The van der Waals surface area contributed by atoms with E-state index in [0.717, 1.165) is 36.0 Å². The average Bonchev–Trinajstić information content (AvgIpc) is 2.98. The van der Waals surface area contributed by atoms with Crippen LogP contribution in [-0.2, 0) is 0 Å². The van der Waals surface area contributed by atoms with Crippen LogP contribution >= 0.6 is 0 Å². The molecule has 28 heavy (non-hydrogen) atoms. The number of H-pyrrole nitrogens is 1. The van der Waals surface area contributed by atoms with Crippen molar-refractivity contribution in [3.8, 4) is 11.4 Å². The summed E-state index contributed by atoms with van der Waals surface area (Å²) in [6.07, 6.45) is 2.21. The number of aliphatic hydroxyl groups is 1. The van der Waals surface area contributed by atoms with Gasteiger partial charge in [0, 0.05) is 23.5 Å². The van der Waals surface area contributed by atoms with Gasteiger partial charge in [-0.25, -0.2) is 9.37 Å². The van der Waals surface area contributed by atoms with Gasteiger partial charge in [0.2, 0.25) is 0 Å². The molecule has 1 aromatic carbocycles. The van der Waals surface area contributed by atoms with E-state index in [1.807, 2.05) is 24.3 Å². The van der Waals surface area contributed by atoms with Crippen LogP contribution in [0.4, 0.5) is 4.39 Å². The summed E-state index contributed by atoms with van der Waals surface area (Å²) < 4.78 is 14.7. The van der Waals surface area contributed by atoms with Gasteiger partial charge in [0.05, 0.1) is 11.1 Å². The first-order valence-corrected chi connectivity index (χ1v) is 9.98. The number of aromatic amines is 1. The molecule has 1 saturated heterocycles. The molecule has 2 atom stereocenters. The van der Waals surface area contributed by atoms with Crippen molar-refractivity contribution < 1.29 is 9.50 Å². The molecular formula is C22H27FN4O. The number of hydrogen-bond donors (Lipinski definition) is 3. The summed E-state index contributed by atoms with van der Waals surface area (Å²) in [5, 5.41) is 22.6. The molecule has 148 valence electrons. The normalized spacial score (nSPS) is 23.2. The van der Waals surface area contributed by atoms with Crippen LogP contribution in [0.15, 0.2) is 36.4 Å². The molecule has 2 aromatic heterocycles. The van der Waals surface area contributed by atoms with Crippen LogP contribution in [0, 0.1) is 11.7 Å². The van der Waals surface area contributed by atoms with E-state index >= 15 is 0 Å². The SMILES string of the molecule is CC(C)CC1(O)CNCCC(c2ccc(F)c(-c3n[nH]c4ccccc34)n2)C1. The minimum absolute atomic E-state index is 0.0725. The molecule has 6 heteroatoms. The Kier molecular flexibility index (Phi) is 5.17. The summed E-state index contributed by atoms with van der Waals surface area (Å²) in [4.78, 5) is 4.68. The number of fused-ring (bicyclic) bond motifs is 1. The topological polar surface area (TPSA) is 73.8 Å². The average molecular weight is 382 g/mol. The Labute approximate surface area is 164 Å². The molecule has 0 radical (unpaired) electrons. The molecule has 0 bridgehead atoms. The number of β-amino-alcohol motifs (C(OH)–C–C–N with tert-alkyl or cyclic N) is 1. The second-order valence-corrected chi connectivity index (χ2v) is 8.37. The maximum Gasteiger partial charge on any atom is 0.151 e. The molecule has 2 unspecified atom stereocenters. The predicted octanol–water partition coefficient (Wildman–Crippen LogP) is 4.01. The Morgan fingerprint density at radius 1 is 1.21 bits per heavy atom. The summed E-state index contributed by atoms with van der Waals surface area (Å²) in [6.45, 7) is 5.63. The van der Waals surface area contributed by atoms with Crippen LogP contribution < -0.4 is 5.32 Å². The molecule has 3 aromatic rings. The summed E-state index contributed by atoms with van der Waals surface area (Å²) in [6, 6.07) is 10.9.